The molecule has 1 aliphatic heterocycles. The SMILES string of the molecule is CCc1cnc(CSC2=CN=C(CC(=O)Cc3c(C)cccc3F)C2C)o1.[HH]. The average molecular weight is 389 g/mol. The second-order valence-corrected chi connectivity index (χ2v) is 7.71. The van der Waals surface area contributed by atoms with Crippen molar-refractivity contribution in [2.45, 2.75) is 45.8 Å². The van der Waals surface area contributed by atoms with Crippen LogP contribution in [0.15, 0.2) is 44.9 Å². The van der Waals surface area contributed by atoms with Gasteiger partial charge in [-0.25, -0.2) is 9.37 Å². The van der Waals surface area contributed by atoms with E-state index >= 15 is 0 Å². The number of nitrogens with zero attached hydrogens (tertiary/aromatic N) is 2. The largest absolute Gasteiger partial charge is 0.445 e. The Morgan fingerprint density at radius 3 is 2.89 bits per heavy atom. The van der Waals surface area contributed by atoms with Crippen molar-refractivity contribution in [2.24, 2.45) is 10.9 Å². The maximum Gasteiger partial charge on any atom is 0.204 e. The van der Waals surface area contributed by atoms with Gasteiger partial charge in [0.05, 0.1) is 11.9 Å². The highest BCUT2D eigenvalue weighted by Gasteiger charge is 2.24. The molecule has 0 radical (unpaired) electrons. The zero-order valence-electron chi connectivity index (χ0n) is 15.8. The number of hydrogen-bond donors (Lipinski definition) is 0. The third-order valence-electron chi connectivity index (χ3n) is 4.70. The average Bonchev–Trinajstić information content (AvgIpc) is 3.24. The van der Waals surface area contributed by atoms with Gasteiger partial charge in [0.25, 0.3) is 0 Å². The number of thioether (sulfide) groups is 1. The summed E-state index contributed by atoms with van der Waals surface area (Å²) in [5, 5.41) is 0. The maximum atomic E-state index is 13.9. The van der Waals surface area contributed by atoms with E-state index in [1.165, 1.54) is 6.07 Å². The molecule has 0 amide bonds. The summed E-state index contributed by atoms with van der Waals surface area (Å²) in [7, 11) is 0. The van der Waals surface area contributed by atoms with Crippen molar-refractivity contribution in [3.63, 3.8) is 0 Å². The van der Waals surface area contributed by atoms with E-state index in [-0.39, 0.29) is 31.8 Å². The number of Topliss-reactive ketones (excluding diaryl/α,β-unsaturated/α-hetero) is 1. The van der Waals surface area contributed by atoms with Crippen molar-refractivity contribution in [1.29, 1.82) is 0 Å². The number of allylic oxidation sites excluding steroid dienone is 1. The van der Waals surface area contributed by atoms with Crippen LogP contribution >= 0.6 is 11.8 Å². The fourth-order valence-corrected chi connectivity index (χ4v) is 3.91. The summed E-state index contributed by atoms with van der Waals surface area (Å²) in [5.74, 6) is 1.96. The molecule has 0 spiro atoms. The van der Waals surface area contributed by atoms with E-state index in [2.05, 4.69) is 9.98 Å². The van der Waals surface area contributed by atoms with E-state index in [9.17, 15) is 9.18 Å². The first-order valence-corrected chi connectivity index (χ1v) is 10.0. The molecular formula is C21H25FN2O2S. The summed E-state index contributed by atoms with van der Waals surface area (Å²) in [4.78, 5) is 22.2. The van der Waals surface area contributed by atoms with Gasteiger partial charge in [0.15, 0.2) is 0 Å². The minimum Gasteiger partial charge on any atom is -0.445 e. The summed E-state index contributed by atoms with van der Waals surface area (Å²) in [6, 6.07) is 4.88. The highest BCUT2D eigenvalue weighted by Crippen LogP contribution is 2.33. The fourth-order valence-electron chi connectivity index (χ4n) is 2.97. The highest BCUT2D eigenvalue weighted by molar-refractivity contribution is 8.02. The van der Waals surface area contributed by atoms with Crippen molar-refractivity contribution in [2.75, 3.05) is 0 Å². The van der Waals surface area contributed by atoms with Crippen LogP contribution in [0.3, 0.4) is 0 Å². The van der Waals surface area contributed by atoms with Crippen LogP contribution in [-0.4, -0.2) is 16.5 Å². The van der Waals surface area contributed by atoms with Gasteiger partial charge in [0, 0.05) is 43.4 Å². The van der Waals surface area contributed by atoms with E-state index in [0.29, 0.717) is 17.2 Å². The Kier molecular flexibility index (Phi) is 6.26. The van der Waals surface area contributed by atoms with Crippen LogP contribution < -0.4 is 0 Å². The predicted octanol–water partition coefficient (Wildman–Crippen LogP) is 5.30. The molecule has 1 aromatic heterocycles. The number of benzene rings is 1. The lowest BCUT2D eigenvalue weighted by molar-refractivity contribution is -0.117. The molecule has 2 heterocycles. The van der Waals surface area contributed by atoms with Gasteiger partial charge < -0.3 is 4.42 Å². The summed E-state index contributed by atoms with van der Waals surface area (Å²) in [5.41, 5.74) is 2.11. The van der Waals surface area contributed by atoms with Gasteiger partial charge >= 0.3 is 0 Å². The zero-order chi connectivity index (χ0) is 19.4. The first-order chi connectivity index (χ1) is 13.0. The number of aliphatic imine (C=N–C) groups is 1. The molecule has 2 aromatic rings. The quantitative estimate of drug-likeness (QED) is 0.616. The molecule has 0 saturated carbocycles. The van der Waals surface area contributed by atoms with Crippen LogP contribution in [0.4, 0.5) is 4.39 Å². The molecule has 4 nitrogen and oxygen atoms in total. The Balaban J connectivity index is 0.00000280. The summed E-state index contributed by atoms with van der Waals surface area (Å²) in [6.07, 6.45) is 4.74. The standard InChI is InChI=1S/C21H23FN2O2S.H2/c1-4-16-10-24-21(26-16)12-27-20-11-23-19(14(20)3)9-15(25)8-17-13(2)6-5-7-18(17)22;/h5-7,10-11,14H,4,8-9,12H2,1-3H3;1H. The number of ketones is 1. The van der Waals surface area contributed by atoms with Crippen LogP contribution in [-0.2, 0) is 23.4 Å². The van der Waals surface area contributed by atoms with Gasteiger partial charge in [0.2, 0.25) is 5.89 Å². The van der Waals surface area contributed by atoms with Gasteiger partial charge in [-0.2, -0.15) is 0 Å². The zero-order valence-corrected chi connectivity index (χ0v) is 16.6. The van der Waals surface area contributed by atoms with Crippen LogP contribution in [0, 0.1) is 18.7 Å². The summed E-state index contributed by atoms with van der Waals surface area (Å²) >= 11 is 1.63. The predicted molar refractivity (Wildman–Crippen MR) is 108 cm³/mol. The van der Waals surface area contributed by atoms with Crippen molar-refractivity contribution in [1.82, 2.24) is 4.98 Å². The van der Waals surface area contributed by atoms with E-state index in [1.54, 1.807) is 24.0 Å². The Hall–Kier alpha value is -2.21. The Labute approximate surface area is 164 Å². The number of hydrogen-bond acceptors (Lipinski definition) is 5. The van der Waals surface area contributed by atoms with E-state index in [1.807, 2.05) is 33.0 Å². The maximum absolute atomic E-state index is 13.9. The molecule has 1 aliphatic rings. The van der Waals surface area contributed by atoms with Crippen molar-refractivity contribution in [3.8, 4) is 0 Å². The normalized spacial score (nSPS) is 16.4. The highest BCUT2D eigenvalue weighted by atomic mass is 32.2. The minimum atomic E-state index is -0.323. The summed E-state index contributed by atoms with van der Waals surface area (Å²) in [6.45, 7) is 5.89. The van der Waals surface area contributed by atoms with E-state index < -0.39 is 0 Å². The first-order valence-electron chi connectivity index (χ1n) is 9.06. The molecule has 3 rings (SSSR count). The van der Waals surface area contributed by atoms with Crippen LogP contribution in [0.5, 0.6) is 0 Å². The number of oxazole rings is 1. The first kappa shape index (κ1) is 19.5. The monoisotopic (exact) mass is 388 g/mol. The van der Waals surface area contributed by atoms with E-state index in [0.717, 1.165) is 28.4 Å². The lowest BCUT2D eigenvalue weighted by Crippen LogP contribution is -2.16. The van der Waals surface area contributed by atoms with Crippen molar-refractivity contribution < 1.29 is 15.0 Å². The number of halogens is 1. The van der Waals surface area contributed by atoms with Crippen LogP contribution in [0.2, 0.25) is 0 Å². The summed E-state index contributed by atoms with van der Waals surface area (Å²) < 4.78 is 19.6. The molecule has 0 bridgehead atoms. The molecule has 1 atom stereocenters. The van der Waals surface area contributed by atoms with Crippen molar-refractivity contribution >= 4 is 23.3 Å². The van der Waals surface area contributed by atoms with Gasteiger partial charge in [0.1, 0.15) is 17.4 Å². The Bertz CT molecular complexity index is 887. The van der Waals surface area contributed by atoms with Gasteiger partial charge in [-0.3, -0.25) is 9.79 Å². The molecule has 144 valence electrons. The lowest BCUT2D eigenvalue weighted by atomic mass is 9.96. The molecule has 0 N–H and O–H groups in total. The molecule has 0 saturated heterocycles. The smallest absolute Gasteiger partial charge is 0.204 e. The van der Waals surface area contributed by atoms with Crippen LogP contribution in [0.1, 0.15) is 44.5 Å². The molecule has 0 fully saturated rings. The Morgan fingerprint density at radius 2 is 2.19 bits per heavy atom. The second kappa shape index (κ2) is 8.65. The third-order valence-corrected chi connectivity index (χ3v) is 5.89. The number of carbonyl (C=O) groups is 1. The van der Waals surface area contributed by atoms with Gasteiger partial charge in [-0.1, -0.05) is 26.0 Å². The fraction of sp³-hybridized carbons (Fsp3) is 0.381. The molecule has 6 heteroatoms. The third kappa shape index (κ3) is 4.75. The lowest BCUT2D eigenvalue weighted by Gasteiger charge is -2.12. The minimum absolute atomic E-state index is 0. The second-order valence-electron chi connectivity index (χ2n) is 6.66. The number of rotatable bonds is 8. The molecule has 1 unspecified atom stereocenters. The Morgan fingerprint density at radius 1 is 1.37 bits per heavy atom. The molecule has 27 heavy (non-hydrogen) atoms. The topological polar surface area (TPSA) is 55.5 Å². The van der Waals surface area contributed by atoms with E-state index in [4.69, 9.17) is 4.42 Å². The molecule has 1 aromatic carbocycles. The number of carbonyl (C=O) groups excluding carboxylic acids is 1. The number of aryl methyl sites for hydroxylation is 2. The van der Waals surface area contributed by atoms with Crippen molar-refractivity contribution in [3.05, 3.63) is 64.1 Å². The molecular weight excluding hydrogens is 363 g/mol. The van der Waals surface area contributed by atoms with Gasteiger partial charge in [-0.15, -0.1) is 11.8 Å². The van der Waals surface area contributed by atoms with Gasteiger partial charge in [-0.05, 0) is 24.1 Å². The van der Waals surface area contributed by atoms with Crippen LogP contribution in [0.25, 0.3) is 0 Å². The number of aromatic nitrogens is 1. The molecule has 0 aliphatic carbocycles.